The van der Waals surface area contributed by atoms with Crippen LogP contribution in [-0.4, -0.2) is 296 Å². The highest BCUT2D eigenvalue weighted by Gasteiger charge is 2.72. The zero-order valence-electron chi connectivity index (χ0n) is 51.5. The molecule has 0 aromatic rings. The van der Waals surface area contributed by atoms with Crippen molar-refractivity contribution in [3.8, 4) is 0 Å². The molecule has 5 heterocycles. The third-order valence-electron chi connectivity index (χ3n) is 23.0. The molecule has 0 radical (unpaired) electrons. The molecule has 18 N–H and O–H groups in total. The van der Waals surface area contributed by atoms with Crippen LogP contribution in [0.3, 0.4) is 0 Å². The second-order valence-corrected chi connectivity index (χ2v) is 28.6. The largest absolute Gasteiger partial charge is 0.394 e. The molecular formula is C60H102O28. The molecule has 510 valence electrons. The average molecular weight is 1270 g/mol. The van der Waals surface area contributed by atoms with Crippen molar-refractivity contribution in [2.45, 2.75) is 285 Å². The summed E-state index contributed by atoms with van der Waals surface area (Å²) in [6, 6.07) is 0. The minimum Gasteiger partial charge on any atom is -0.394 e. The van der Waals surface area contributed by atoms with Gasteiger partial charge in [0.15, 0.2) is 31.5 Å². The molecule has 0 aromatic carbocycles. The summed E-state index contributed by atoms with van der Waals surface area (Å²) in [5.41, 5.74) is -1.95. The lowest BCUT2D eigenvalue weighted by Crippen LogP contribution is -2.68. The normalized spacial score (nSPS) is 52.9. The Balaban J connectivity index is 0.935. The molecule has 0 amide bonds. The lowest BCUT2D eigenvalue weighted by atomic mass is 9.35. The van der Waals surface area contributed by atoms with Crippen molar-refractivity contribution in [3.05, 3.63) is 11.6 Å². The van der Waals surface area contributed by atoms with Gasteiger partial charge in [-0.3, -0.25) is 0 Å². The van der Waals surface area contributed by atoms with Crippen molar-refractivity contribution in [2.75, 3.05) is 33.0 Å². The van der Waals surface area contributed by atoms with Gasteiger partial charge in [-0.15, -0.1) is 0 Å². The highest BCUT2D eigenvalue weighted by Crippen LogP contribution is 2.76. The van der Waals surface area contributed by atoms with Crippen LogP contribution >= 0.6 is 0 Å². The second-order valence-electron chi connectivity index (χ2n) is 28.6. The van der Waals surface area contributed by atoms with Crippen molar-refractivity contribution >= 4 is 0 Å². The minimum absolute atomic E-state index is 0.0282. The minimum atomic E-state index is -1.97. The molecule has 9 fully saturated rings. The second kappa shape index (κ2) is 27.4. The Morgan fingerprint density at radius 2 is 0.920 bits per heavy atom. The van der Waals surface area contributed by atoms with E-state index in [-0.39, 0.29) is 29.1 Å². The van der Waals surface area contributed by atoms with E-state index in [2.05, 4.69) is 40.7 Å². The molecular weight excluding hydrogens is 1170 g/mol. The Morgan fingerprint density at radius 1 is 0.477 bits per heavy atom. The van der Waals surface area contributed by atoms with Gasteiger partial charge in [0.1, 0.15) is 122 Å². The fourth-order valence-electron chi connectivity index (χ4n) is 17.7. The first-order chi connectivity index (χ1) is 41.3. The van der Waals surface area contributed by atoms with Gasteiger partial charge in [0.05, 0.1) is 50.8 Å². The van der Waals surface area contributed by atoms with Crippen molar-refractivity contribution in [3.63, 3.8) is 0 Å². The van der Waals surface area contributed by atoms with Crippen LogP contribution in [0.5, 0.6) is 0 Å². The summed E-state index contributed by atoms with van der Waals surface area (Å²) in [7, 11) is 0. The van der Waals surface area contributed by atoms with Gasteiger partial charge in [-0.05, 0) is 124 Å². The molecule has 35 atom stereocenters. The molecule has 4 aliphatic carbocycles. The van der Waals surface area contributed by atoms with Crippen LogP contribution in [0, 0.1) is 45.3 Å². The third kappa shape index (κ3) is 12.6. The summed E-state index contributed by atoms with van der Waals surface area (Å²) in [4.78, 5) is 0. The van der Waals surface area contributed by atoms with Gasteiger partial charge in [0.2, 0.25) is 0 Å². The van der Waals surface area contributed by atoms with Crippen molar-refractivity contribution < 1.29 is 139 Å². The Kier molecular flexibility index (Phi) is 22.1. The number of ether oxygens (including phenoxy) is 10. The predicted molar refractivity (Wildman–Crippen MR) is 299 cm³/mol. The average Bonchev–Trinajstić information content (AvgIpc) is 1.24. The topological polar surface area (TPSA) is 456 Å². The number of hydrogen-bond acceptors (Lipinski definition) is 28. The van der Waals surface area contributed by atoms with E-state index >= 15 is 0 Å². The quantitative estimate of drug-likeness (QED) is 0.0429. The first-order valence-electron chi connectivity index (χ1n) is 31.4. The van der Waals surface area contributed by atoms with E-state index in [0.717, 1.165) is 18.4 Å². The van der Waals surface area contributed by atoms with Gasteiger partial charge < -0.3 is 139 Å². The van der Waals surface area contributed by atoms with E-state index in [1.807, 2.05) is 20.8 Å². The maximum atomic E-state index is 13.0. The van der Waals surface area contributed by atoms with Crippen LogP contribution in [0.2, 0.25) is 0 Å². The fraction of sp³-hybridized carbons (Fsp3) is 0.967. The van der Waals surface area contributed by atoms with Gasteiger partial charge >= 0.3 is 0 Å². The molecule has 4 saturated carbocycles. The maximum absolute atomic E-state index is 13.0. The maximum Gasteiger partial charge on any atom is 0.187 e. The molecule has 0 spiro atoms. The summed E-state index contributed by atoms with van der Waals surface area (Å²) in [5, 5.41) is 196. The summed E-state index contributed by atoms with van der Waals surface area (Å²) in [6.45, 7) is 13.3. The molecule has 9 aliphatic rings. The number of fused-ring (bicyclic) bond motifs is 5. The Hall–Kier alpha value is -1.38. The molecule has 5 saturated heterocycles. The van der Waals surface area contributed by atoms with Crippen LogP contribution in [0.4, 0.5) is 0 Å². The lowest BCUT2D eigenvalue weighted by molar-refractivity contribution is -0.398. The smallest absolute Gasteiger partial charge is 0.187 e. The van der Waals surface area contributed by atoms with Crippen molar-refractivity contribution in [1.29, 1.82) is 0 Å². The van der Waals surface area contributed by atoms with Crippen molar-refractivity contribution in [2.24, 2.45) is 45.3 Å². The SMILES string of the molecule is CC(C)=CCCC(C)(O[C@@H]1O[C@H](COC2O[C@H](CO)[C@@H](O)[C@@H](O)[C@H]2O)[C@@H](O)[C@@H](O)[C@H]1O)C1CCC2(C)C1C(O)CC1C3(C)CCC(O[C@@H]4O[C@H](CO)[C@@H](O)[C@@H](O)[C@H]4O[C@@H]4O[C@H](CO)[C@@H](O)[C@@H](O)[C@H]4O[C@@H]4O[C@H](CO)[C@@H](O)[C@@H](O)[C@H]4O)C(C)(C)C3CCC12C. The zero-order valence-corrected chi connectivity index (χ0v) is 51.5. The highest BCUT2D eigenvalue weighted by atomic mass is 16.8. The number of aliphatic hydroxyl groups excluding tert-OH is 18. The van der Waals surface area contributed by atoms with Gasteiger partial charge in [-0.2, -0.15) is 0 Å². The number of rotatable bonds is 19. The van der Waals surface area contributed by atoms with Gasteiger partial charge in [0.25, 0.3) is 0 Å². The number of allylic oxidation sites excluding steroid dienone is 2. The Bertz CT molecular complexity index is 2320. The number of aliphatic hydroxyl groups is 18. The Morgan fingerprint density at radius 3 is 1.45 bits per heavy atom. The summed E-state index contributed by atoms with van der Waals surface area (Å²) in [6.07, 6.45) is -36.5. The number of hydrogen-bond donors (Lipinski definition) is 18. The zero-order chi connectivity index (χ0) is 64.7. The van der Waals surface area contributed by atoms with Crippen LogP contribution in [0.15, 0.2) is 11.6 Å². The van der Waals surface area contributed by atoms with Crippen LogP contribution in [0.25, 0.3) is 0 Å². The molecule has 28 heteroatoms. The van der Waals surface area contributed by atoms with Crippen LogP contribution < -0.4 is 0 Å². The molecule has 88 heavy (non-hydrogen) atoms. The third-order valence-corrected chi connectivity index (χ3v) is 23.0. The summed E-state index contributed by atoms with van der Waals surface area (Å²) in [5.74, 6) is -0.715. The van der Waals surface area contributed by atoms with E-state index < -0.39 is 221 Å². The highest BCUT2D eigenvalue weighted by molar-refractivity contribution is 5.21. The lowest BCUT2D eigenvalue weighted by Gasteiger charge is -2.71. The molecule has 5 aliphatic heterocycles. The standard InChI is InChI=1S/C60H102O28/c1-24(2)10-9-14-60(8,88-53-48(78)43(73)40(70)31(84-53)23-79-51-46(76)41(71)36(66)27(19-61)80-51)25-11-16-59(7)35(25)26(65)18-33-57(5)15-13-34(56(3,4)32(57)12-17-58(33,59)6)85-54-49(44(74)38(68)29(21-63)82-54)87-55-50(45(75)39(69)30(22-64)83-55)86-52-47(77)42(72)37(67)28(20-62)81-52/h10,25-55,61-78H,9,11-23H2,1-8H3/t25?,26?,27-,28-,29-,30-,31-,32?,33?,34?,35?,36-,37-,38-,39-,40-,41-,42-,43-,44-,45-,46-,47-,48-,49-,50-,51?,52+,53+,54+,55+,57?,58?,59?,60?/m1/s1. The molecule has 28 nitrogen and oxygen atoms in total. The van der Waals surface area contributed by atoms with E-state index in [1.54, 1.807) is 0 Å². The molecule has 0 aromatic heterocycles. The van der Waals surface area contributed by atoms with Gasteiger partial charge in [0, 0.05) is 0 Å². The molecule has 11 unspecified atom stereocenters. The predicted octanol–water partition coefficient (Wildman–Crippen LogP) is -4.38. The molecule has 0 bridgehead atoms. The fourth-order valence-corrected chi connectivity index (χ4v) is 17.7. The van der Waals surface area contributed by atoms with Gasteiger partial charge in [-0.25, -0.2) is 0 Å². The van der Waals surface area contributed by atoms with Crippen LogP contribution in [-0.2, 0) is 47.4 Å². The van der Waals surface area contributed by atoms with Crippen molar-refractivity contribution in [1.82, 2.24) is 0 Å². The van der Waals surface area contributed by atoms with E-state index in [0.29, 0.717) is 44.9 Å². The monoisotopic (exact) mass is 1270 g/mol. The van der Waals surface area contributed by atoms with E-state index in [9.17, 15) is 91.9 Å². The summed E-state index contributed by atoms with van der Waals surface area (Å²) < 4.78 is 61.2. The van der Waals surface area contributed by atoms with Gasteiger partial charge in [-0.1, -0.05) is 46.3 Å². The van der Waals surface area contributed by atoms with Crippen LogP contribution in [0.1, 0.15) is 113 Å². The van der Waals surface area contributed by atoms with E-state index in [4.69, 9.17) is 47.4 Å². The van der Waals surface area contributed by atoms with E-state index in [1.165, 1.54) is 0 Å². The Labute approximate surface area is 512 Å². The first-order valence-corrected chi connectivity index (χ1v) is 31.4. The summed E-state index contributed by atoms with van der Waals surface area (Å²) >= 11 is 0. The molecule has 9 rings (SSSR count). The first kappa shape index (κ1) is 70.9.